The Balaban J connectivity index is 2.40. The van der Waals surface area contributed by atoms with Crippen molar-refractivity contribution < 1.29 is 14.7 Å². The minimum Gasteiger partial charge on any atom is -0.478 e. The van der Waals surface area contributed by atoms with Crippen LogP contribution in [-0.2, 0) is 0 Å². The molecule has 0 unspecified atom stereocenters. The van der Waals surface area contributed by atoms with Gasteiger partial charge in [0.25, 0.3) is 11.5 Å². The molecule has 0 radical (unpaired) electrons. The molecule has 1 aromatic heterocycles. The van der Waals surface area contributed by atoms with Crippen molar-refractivity contribution in [2.24, 2.45) is 0 Å². The maximum atomic E-state index is 11.9. The Morgan fingerprint density at radius 3 is 2.48 bits per heavy atom. The van der Waals surface area contributed by atoms with Crippen LogP contribution in [0, 0.1) is 0 Å². The first-order chi connectivity index (χ1) is 9.86. The van der Waals surface area contributed by atoms with Crippen LogP contribution in [0.3, 0.4) is 0 Å². The lowest BCUT2D eigenvalue weighted by Crippen LogP contribution is -2.27. The number of amides is 1. The SMILES string of the molecule is O=C(Nc1cc(Cl)ccc1C(=O)O)c1cc(=O)[nH]c(=O)[nH]1. The van der Waals surface area contributed by atoms with Gasteiger partial charge in [-0.1, -0.05) is 11.6 Å². The van der Waals surface area contributed by atoms with Gasteiger partial charge < -0.3 is 15.4 Å². The molecule has 1 aromatic carbocycles. The van der Waals surface area contributed by atoms with Crippen molar-refractivity contribution in [3.8, 4) is 0 Å². The molecule has 108 valence electrons. The van der Waals surface area contributed by atoms with Crippen molar-refractivity contribution >= 4 is 29.2 Å². The van der Waals surface area contributed by atoms with Gasteiger partial charge in [0.05, 0.1) is 11.3 Å². The molecule has 21 heavy (non-hydrogen) atoms. The Morgan fingerprint density at radius 2 is 1.86 bits per heavy atom. The number of aromatic nitrogens is 2. The van der Waals surface area contributed by atoms with E-state index in [0.717, 1.165) is 6.07 Å². The Bertz CT molecular complexity index is 811. The number of aromatic carboxylic acids is 1. The predicted octanol–water partition coefficient (Wildman–Crippen LogP) is 0.667. The molecule has 9 heteroatoms. The Morgan fingerprint density at radius 1 is 1.14 bits per heavy atom. The number of aromatic amines is 2. The quantitative estimate of drug-likeness (QED) is 0.661. The molecule has 0 atom stereocenters. The summed E-state index contributed by atoms with van der Waals surface area (Å²) in [5.74, 6) is -2.11. The molecule has 0 fully saturated rings. The minimum atomic E-state index is -1.26. The topological polar surface area (TPSA) is 132 Å². The number of hydrogen-bond acceptors (Lipinski definition) is 4. The summed E-state index contributed by atoms with van der Waals surface area (Å²) in [6.45, 7) is 0. The minimum absolute atomic E-state index is 0.0545. The van der Waals surface area contributed by atoms with E-state index in [9.17, 15) is 19.2 Å². The summed E-state index contributed by atoms with van der Waals surface area (Å²) in [4.78, 5) is 49.2. The second-order valence-electron chi connectivity index (χ2n) is 3.95. The molecule has 0 aliphatic heterocycles. The molecule has 0 bridgehead atoms. The molecule has 1 amide bonds. The van der Waals surface area contributed by atoms with Gasteiger partial charge in [0.2, 0.25) is 0 Å². The molecular formula is C12H8ClN3O5. The molecule has 4 N–H and O–H groups in total. The Kier molecular flexibility index (Phi) is 3.90. The van der Waals surface area contributed by atoms with Crippen molar-refractivity contribution in [1.82, 2.24) is 9.97 Å². The van der Waals surface area contributed by atoms with Crippen molar-refractivity contribution in [1.29, 1.82) is 0 Å². The maximum Gasteiger partial charge on any atom is 0.337 e. The summed E-state index contributed by atoms with van der Waals surface area (Å²) in [7, 11) is 0. The maximum absolute atomic E-state index is 11.9. The second kappa shape index (κ2) is 5.63. The molecule has 0 aliphatic carbocycles. The first-order valence-corrected chi connectivity index (χ1v) is 5.92. The molecular weight excluding hydrogens is 302 g/mol. The van der Waals surface area contributed by atoms with E-state index in [1.54, 1.807) is 0 Å². The molecule has 2 rings (SSSR count). The van der Waals surface area contributed by atoms with E-state index in [0.29, 0.717) is 0 Å². The summed E-state index contributed by atoms with van der Waals surface area (Å²) in [5, 5.41) is 11.5. The molecule has 2 aromatic rings. The number of carbonyl (C=O) groups is 2. The van der Waals surface area contributed by atoms with Gasteiger partial charge >= 0.3 is 11.7 Å². The standard InChI is InChI=1S/C12H8ClN3O5/c13-5-1-2-6(11(19)20)7(3-5)14-10(18)8-4-9(17)16-12(21)15-8/h1-4H,(H,14,18)(H,19,20)(H2,15,16,17,21). The number of carbonyl (C=O) groups excluding carboxylic acids is 1. The van der Waals surface area contributed by atoms with E-state index in [4.69, 9.17) is 16.7 Å². The lowest BCUT2D eigenvalue weighted by molar-refractivity contribution is 0.0698. The normalized spacial score (nSPS) is 10.1. The number of halogens is 1. The highest BCUT2D eigenvalue weighted by atomic mass is 35.5. The van der Waals surface area contributed by atoms with Crippen LogP contribution < -0.4 is 16.6 Å². The van der Waals surface area contributed by atoms with E-state index in [1.807, 2.05) is 4.98 Å². The van der Waals surface area contributed by atoms with Crippen molar-refractivity contribution in [2.45, 2.75) is 0 Å². The summed E-state index contributed by atoms with van der Waals surface area (Å²) in [5.41, 5.74) is -2.15. The van der Waals surface area contributed by atoms with Crippen molar-refractivity contribution in [3.05, 3.63) is 61.4 Å². The fourth-order valence-corrected chi connectivity index (χ4v) is 1.76. The van der Waals surface area contributed by atoms with Gasteiger partial charge in [-0.3, -0.25) is 14.6 Å². The summed E-state index contributed by atoms with van der Waals surface area (Å²) < 4.78 is 0. The molecule has 0 aliphatic rings. The van der Waals surface area contributed by atoms with Crippen LogP contribution in [0.15, 0.2) is 33.9 Å². The van der Waals surface area contributed by atoms with Gasteiger partial charge in [-0.2, -0.15) is 0 Å². The molecule has 0 saturated heterocycles. The number of carboxylic acid groups (broad SMARTS) is 1. The monoisotopic (exact) mass is 309 g/mol. The van der Waals surface area contributed by atoms with Gasteiger partial charge in [-0.15, -0.1) is 0 Å². The Hall–Kier alpha value is -2.87. The summed E-state index contributed by atoms with van der Waals surface area (Å²) in [6, 6.07) is 4.70. The average Bonchev–Trinajstić information content (AvgIpc) is 2.37. The number of hydrogen-bond donors (Lipinski definition) is 4. The van der Waals surface area contributed by atoms with Gasteiger partial charge in [0, 0.05) is 11.1 Å². The molecule has 0 spiro atoms. The first-order valence-electron chi connectivity index (χ1n) is 5.54. The summed E-state index contributed by atoms with van der Waals surface area (Å²) >= 11 is 5.74. The zero-order valence-electron chi connectivity index (χ0n) is 10.3. The fraction of sp³-hybridized carbons (Fsp3) is 0. The number of benzene rings is 1. The van der Waals surface area contributed by atoms with Crippen LogP contribution in [-0.4, -0.2) is 27.0 Å². The van der Waals surface area contributed by atoms with Crippen LogP contribution in [0.1, 0.15) is 20.8 Å². The average molecular weight is 310 g/mol. The van der Waals surface area contributed by atoms with Crippen molar-refractivity contribution in [3.63, 3.8) is 0 Å². The number of rotatable bonds is 3. The highest BCUT2D eigenvalue weighted by Gasteiger charge is 2.15. The molecule has 1 heterocycles. The predicted molar refractivity (Wildman–Crippen MR) is 74.0 cm³/mol. The molecule has 8 nitrogen and oxygen atoms in total. The second-order valence-corrected chi connectivity index (χ2v) is 4.39. The summed E-state index contributed by atoms with van der Waals surface area (Å²) in [6.07, 6.45) is 0. The highest BCUT2D eigenvalue weighted by Crippen LogP contribution is 2.21. The largest absolute Gasteiger partial charge is 0.478 e. The van der Waals surface area contributed by atoms with Crippen LogP contribution in [0.4, 0.5) is 5.69 Å². The zero-order valence-corrected chi connectivity index (χ0v) is 11.0. The van der Waals surface area contributed by atoms with Crippen LogP contribution in [0.2, 0.25) is 5.02 Å². The van der Waals surface area contributed by atoms with Crippen molar-refractivity contribution in [2.75, 3.05) is 5.32 Å². The van der Waals surface area contributed by atoms with Crippen LogP contribution in [0.5, 0.6) is 0 Å². The van der Waals surface area contributed by atoms with Gasteiger partial charge in [0.15, 0.2) is 0 Å². The number of anilines is 1. The lowest BCUT2D eigenvalue weighted by atomic mass is 10.1. The Labute approximate surface area is 121 Å². The van der Waals surface area contributed by atoms with Gasteiger partial charge in [0.1, 0.15) is 5.69 Å². The third-order valence-corrected chi connectivity index (χ3v) is 2.70. The zero-order chi connectivity index (χ0) is 15.6. The van der Waals surface area contributed by atoms with Crippen LogP contribution >= 0.6 is 11.6 Å². The van der Waals surface area contributed by atoms with E-state index in [2.05, 4.69) is 10.3 Å². The van der Waals surface area contributed by atoms with Gasteiger partial charge in [-0.05, 0) is 18.2 Å². The van der Waals surface area contributed by atoms with Crippen LogP contribution in [0.25, 0.3) is 0 Å². The van der Waals surface area contributed by atoms with E-state index in [1.165, 1.54) is 18.2 Å². The van der Waals surface area contributed by atoms with Gasteiger partial charge in [-0.25, -0.2) is 9.59 Å². The number of nitrogens with one attached hydrogen (secondary N) is 3. The molecule has 0 saturated carbocycles. The third kappa shape index (κ3) is 3.37. The van der Waals surface area contributed by atoms with E-state index >= 15 is 0 Å². The first kappa shape index (κ1) is 14.5. The number of H-pyrrole nitrogens is 2. The van der Waals surface area contributed by atoms with E-state index in [-0.39, 0.29) is 22.0 Å². The highest BCUT2D eigenvalue weighted by molar-refractivity contribution is 6.31. The lowest BCUT2D eigenvalue weighted by Gasteiger charge is -2.08. The third-order valence-electron chi connectivity index (χ3n) is 2.47. The number of carboxylic acids is 1. The fourth-order valence-electron chi connectivity index (χ4n) is 1.59. The van der Waals surface area contributed by atoms with E-state index < -0.39 is 23.1 Å². The smallest absolute Gasteiger partial charge is 0.337 e.